The molecule has 12 heteroatoms. The number of benzene rings is 1. The van der Waals surface area contributed by atoms with Crippen molar-refractivity contribution < 1.29 is 40.6 Å². The van der Waals surface area contributed by atoms with E-state index in [0.29, 0.717) is 18.9 Å². The molecule has 3 rings (SSSR count). The lowest BCUT2D eigenvalue weighted by Crippen LogP contribution is -2.34. The number of rotatable bonds is 5. The quantitative estimate of drug-likeness (QED) is 0.687. The monoisotopic (exact) mass is 439 g/mol. The number of aliphatic hydroxyl groups excluding tert-OH is 1. The highest BCUT2D eigenvalue weighted by Gasteiger charge is 2.49. The van der Waals surface area contributed by atoms with Crippen molar-refractivity contribution in [1.29, 1.82) is 0 Å². The molecule has 2 N–H and O–H groups in total. The number of hydrogen-bond donors (Lipinski definition) is 2. The van der Waals surface area contributed by atoms with Gasteiger partial charge in [0.25, 0.3) is 9.26 Å². The lowest BCUT2D eigenvalue weighted by molar-refractivity contribution is -0.274. The van der Waals surface area contributed by atoms with Gasteiger partial charge in [0.2, 0.25) is 5.91 Å². The number of nitrogens with one attached hydrogen (secondary N) is 1. The Hall–Kier alpha value is -2.18. The number of hydrogen-bond acceptors (Lipinski definition) is 5. The number of ether oxygens (including phenoxy) is 1. The molecule has 0 spiro atoms. The van der Waals surface area contributed by atoms with Gasteiger partial charge in [0.15, 0.2) is 0 Å². The first kappa shape index (κ1) is 20.6. The van der Waals surface area contributed by atoms with Crippen LogP contribution >= 0.6 is 0 Å². The summed E-state index contributed by atoms with van der Waals surface area (Å²) < 4.78 is 78.1. The minimum Gasteiger partial charge on any atom is -0.406 e. The third kappa shape index (κ3) is 4.13. The summed E-state index contributed by atoms with van der Waals surface area (Å²) in [4.78, 5) is 12.2. The summed E-state index contributed by atoms with van der Waals surface area (Å²) in [6.07, 6.45) is -1.50. The van der Waals surface area contributed by atoms with Crippen molar-refractivity contribution >= 4 is 29.5 Å². The van der Waals surface area contributed by atoms with Gasteiger partial charge in [-0.1, -0.05) is 0 Å². The Bertz CT molecular complexity index is 1030. The summed E-state index contributed by atoms with van der Waals surface area (Å²) >= 11 is 0. The largest absolute Gasteiger partial charge is 0.573 e. The lowest BCUT2D eigenvalue weighted by Gasteiger charge is -2.15. The number of amides is 1. The van der Waals surface area contributed by atoms with Crippen LogP contribution in [0.4, 0.5) is 17.6 Å². The molecule has 6 nitrogen and oxygen atoms in total. The Labute approximate surface area is 159 Å². The maximum absolute atomic E-state index is 14.3. The van der Waals surface area contributed by atoms with Crippen molar-refractivity contribution in [2.45, 2.75) is 19.2 Å². The average molecular weight is 439 g/mol. The van der Waals surface area contributed by atoms with E-state index in [0.717, 1.165) is 12.1 Å². The number of halogens is 4. The minimum atomic E-state index is -4.99. The lowest BCUT2D eigenvalue weighted by atomic mass is 10.1. The standard InChI is InChI=1S/C16H13F4NO5S2/c17-11-7-9(26-16(18,19)20)1-2-10(11)12-3-4-13(27(12)28(24)25)21-14(23)15(8-22)5-6-15/h1-4,7,22H,5-6,8H2,(H,21,23). The number of carbonyl (C=O) groups is 1. The van der Waals surface area contributed by atoms with E-state index in [1.165, 1.54) is 12.2 Å². The molecule has 2 aliphatic rings. The Balaban J connectivity index is 1.86. The van der Waals surface area contributed by atoms with Gasteiger partial charge in [0.05, 0.1) is 17.1 Å². The van der Waals surface area contributed by atoms with Gasteiger partial charge in [0, 0.05) is 26.0 Å². The fourth-order valence-corrected chi connectivity index (χ4v) is 5.63. The van der Waals surface area contributed by atoms with E-state index in [-0.39, 0.29) is 22.1 Å². The van der Waals surface area contributed by atoms with Crippen LogP contribution in [0.5, 0.6) is 5.75 Å². The second-order valence-corrected chi connectivity index (χ2v) is 9.76. The fourth-order valence-electron chi connectivity index (χ4n) is 2.56. The van der Waals surface area contributed by atoms with Gasteiger partial charge in [-0.3, -0.25) is 4.79 Å². The topological polar surface area (TPSA) is 92.7 Å². The summed E-state index contributed by atoms with van der Waals surface area (Å²) in [5.41, 5.74) is -1.17. The Morgan fingerprint density at radius 1 is 1.29 bits per heavy atom. The molecule has 28 heavy (non-hydrogen) atoms. The molecule has 1 aromatic rings. The van der Waals surface area contributed by atoms with E-state index in [1.807, 2.05) is 0 Å². The fraction of sp³-hybridized carbons (Fsp3) is 0.312. The zero-order valence-corrected chi connectivity index (χ0v) is 15.5. The first-order valence-electron chi connectivity index (χ1n) is 7.80. The van der Waals surface area contributed by atoms with Crippen LogP contribution in [0.3, 0.4) is 0 Å². The van der Waals surface area contributed by atoms with E-state index in [9.17, 15) is 35.9 Å². The first-order chi connectivity index (χ1) is 13.1. The van der Waals surface area contributed by atoms with Crippen LogP contribution in [-0.2, 0) is 23.5 Å². The second kappa shape index (κ2) is 7.33. The van der Waals surface area contributed by atoms with Crippen molar-refractivity contribution in [3.63, 3.8) is 0 Å². The molecule has 1 heterocycles. The van der Waals surface area contributed by atoms with Gasteiger partial charge in [0.1, 0.15) is 11.6 Å². The molecular formula is C16H13F4NO5S2. The molecular weight excluding hydrogens is 426 g/mol. The van der Waals surface area contributed by atoms with E-state index in [2.05, 4.69) is 10.1 Å². The highest BCUT2D eigenvalue weighted by molar-refractivity contribution is 8.40. The number of aliphatic hydroxyl groups is 1. The molecule has 0 bridgehead atoms. The van der Waals surface area contributed by atoms with Crippen LogP contribution in [0.15, 0.2) is 35.4 Å². The summed E-state index contributed by atoms with van der Waals surface area (Å²) in [5.74, 6) is -2.42. The second-order valence-electron chi connectivity index (χ2n) is 6.12. The zero-order chi connectivity index (χ0) is 20.7. The minimum absolute atomic E-state index is 0.00285. The summed E-state index contributed by atoms with van der Waals surface area (Å²) in [6.45, 7) is -0.379. The average Bonchev–Trinajstić information content (AvgIpc) is 3.28. The predicted molar refractivity (Wildman–Crippen MR) is 92.3 cm³/mol. The summed E-state index contributed by atoms with van der Waals surface area (Å²) in [6, 6.07) is 2.34. The van der Waals surface area contributed by atoms with E-state index >= 15 is 0 Å². The molecule has 1 atom stereocenters. The Morgan fingerprint density at radius 3 is 2.46 bits per heavy atom. The molecule has 152 valence electrons. The number of allylic oxidation sites excluding steroid dienone is 2. The number of alkyl halides is 3. The van der Waals surface area contributed by atoms with Crippen molar-refractivity contribution in [2.75, 3.05) is 6.61 Å². The molecule has 0 aromatic heterocycles. The molecule has 0 radical (unpaired) electrons. The SMILES string of the molecule is O=C(NC1=CC=C(c2ccc(OC(F)(F)F)cc2F)S1=S(=O)=O)C1(CO)CC1. The third-order valence-electron chi connectivity index (χ3n) is 4.24. The zero-order valence-electron chi connectivity index (χ0n) is 13.9. The smallest absolute Gasteiger partial charge is 0.406 e. The van der Waals surface area contributed by atoms with Crippen LogP contribution in [0.2, 0.25) is 0 Å². The maximum atomic E-state index is 14.3. The van der Waals surface area contributed by atoms with Gasteiger partial charge < -0.3 is 15.2 Å². The van der Waals surface area contributed by atoms with Crippen LogP contribution < -0.4 is 10.1 Å². The molecule has 1 aromatic carbocycles. The molecule has 1 fully saturated rings. The maximum Gasteiger partial charge on any atom is 0.573 e. The molecule has 1 aliphatic carbocycles. The van der Waals surface area contributed by atoms with E-state index in [4.69, 9.17) is 0 Å². The molecule has 1 unspecified atom stereocenters. The van der Waals surface area contributed by atoms with Crippen LogP contribution in [0.25, 0.3) is 4.91 Å². The molecule has 1 aliphatic heterocycles. The van der Waals surface area contributed by atoms with Gasteiger partial charge in [-0.15, -0.1) is 13.2 Å². The van der Waals surface area contributed by atoms with Gasteiger partial charge >= 0.3 is 6.36 Å². The third-order valence-corrected chi connectivity index (χ3v) is 7.79. The van der Waals surface area contributed by atoms with Crippen LogP contribution in [0, 0.1) is 11.2 Å². The van der Waals surface area contributed by atoms with Gasteiger partial charge in [-0.2, -0.15) is 8.42 Å². The summed E-state index contributed by atoms with van der Waals surface area (Å²) in [5, 5.41) is 11.8. The van der Waals surface area contributed by atoms with Crippen molar-refractivity contribution in [3.8, 4) is 5.75 Å². The van der Waals surface area contributed by atoms with Crippen molar-refractivity contribution in [1.82, 2.24) is 5.32 Å². The highest BCUT2D eigenvalue weighted by atomic mass is 32.9. The van der Waals surface area contributed by atoms with E-state index in [1.54, 1.807) is 0 Å². The first-order valence-corrected chi connectivity index (χ1v) is 10.6. The van der Waals surface area contributed by atoms with Gasteiger partial charge in [-0.05, 0) is 37.1 Å². The Morgan fingerprint density at radius 2 is 1.96 bits per heavy atom. The van der Waals surface area contributed by atoms with Crippen LogP contribution in [-0.4, -0.2) is 32.4 Å². The Kier molecular flexibility index (Phi) is 5.38. The van der Waals surface area contributed by atoms with E-state index < -0.39 is 48.0 Å². The normalized spacial score (nSPS) is 20.2. The predicted octanol–water partition coefficient (Wildman–Crippen LogP) is 2.22. The van der Waals surface area contributed by atoms with Crippen molar-refractivity contribution in [2.24, 2.45) is 5.41 Å². The van der Waals surface area contributed by atoms with Gasteiger partial charge in [-0.25, -0.2) is 4.39 Å². The highest BCUT2D eigenvalue weighted by Crippen LogP contribution is 2.45. The summed E-state index contributed by atoms with van der Waals surface area (Å²) in [7, 11) is -4.52. The number of carbonyl (C=O) groups excluding carboxylic acids is 1. The molecule has 1 saturated carbocycles. The molecule has 0 saturated heterocycles. The molecule has 1 amide bonds. The van der Waals surface area contributed by atoms with Crippen LogP contribution in [0.1, 0.15) is 18.4 Å². The van der Waals surface area contributed by atoms with Crippen molar-refractivity contribution in [3.05, 3.63) is 46.8 Å².